The first-order valence-corrected chi connectivity index (χ1v) is 8.38. The Morgan fingerprint density at radius 2 is 2.13 bits per heavy atom. The monoisotopic (exact) mass is 315 g/mol. The lowest BCUT2D eigenvalue weighted by atomic mass is 9.46. The summed E-state index contributed by atoms with van der Waals surface area (Å²) < 4.78 is 5.99. The van der Waals surface area contributed by atoms with Gasteiger partial charge in [-0.05, 0) is 44.0 Å². The lowest BCUT2D eigenvalue weighted by Gasteiger charge is -2.64. The fraction of sp³-hybridized carbons (Fsp3) is 0.611. The summed E-state index contributed by atoms with van der Waals surface area (Å²) in [5.41, 5.74) is 0.295. The minimum Gasteiger partial charge on any atom is -0.504 e. The van der Waals surface area contributed by atoms with Gasteiger partial charge in [0.1, 0.15) is 0 Å². The Morgan fingerprint density at radius 3 is 2.91 bits per heavy atom. The summed E-state index contributed by atoms with van der Waals surface area (Å²) in [7, 11) is 2.05. The Bertz CT molecular complexity index is 747. The van der Waals surface area contributed by atoms with Crippen molar-refractivity contribution in [2.75, 3.05) is 13.6 Å². The number of aromatic hydroxyl groups is 1. The number of likely N-dealkylation sites (N-methyl/N-ethyl adjacent to an activating group) is 1. The normalized spacial score (nSPS) is 44.0. The van der Waals surface area contributed by atoms with E-state index in [1.54, 1.807) is 6.07 Å². The Kier molecular flexibility index (Phi) is 2.34. The van der Waals surface area contributed by atoms with Gasteiger partial charge in [0, 0.05) is 18.0 Å². The number of Topliss-reactive ketones (excluding diaryl/α,β-unsaturated/α-hetero) is 1. The molecular weight excluding hydrogens is 294 g/mol. The predicted molar refractivity (Wildman–Crippen MR) is 82.7 cm³/mol. The molecule has 0 radical (unpaired) electrons. The van der Waals surface area contributed by atoms with E-state index in [4.69, 9.17) is 4.74 Å². The fourth-order valence-corrected chi connectivity index (χ4v) is 5.94. The van der Waals surface area contributed by atoms with Gasteiger partial charge in [-0.25, -0.2) is 0 Å². The molecule has 0 aromatic heterocycles. The molecule has 2 aliphatic heterocycles. The van der Waals surface area contributed by atoms with Crippen LogP contribution in [0.3, 0.4) is 0 Å². The summed E-state index contributed by atoms with van der Waals surface area (Å²) in [6, 6.07) is 3.56. The molecule has 1 saturated carbocycles. The van der Waals surface area contributed by atoms with Crippen molar-refractivity contribution >= 4 is 5.78 Å². The lowest BCUT2D eigenvalue weighted by Crippen LogP contribution is -2.78. The first-order chi connectivity index (χ1) is 10.9. The quantitative estimate of drug-likeness (QED) is 0.747. The van der Waals surface area contributed by atoms with Gasteiger partial charge in [-0.15, -0.1) is 0 Å². The zero-order valence-corrected chi connectivity index (χ0v) is 13.4. The van der Waals surface area contributed by atoms with E-state index in [1.165, 1.54) is 0 Å². The molecule has 122 valence electrons. The van der Waals surface area contributed by atoms with Crippen LogP contribution in [0.5, 0.6) is 11.5 Å². The third kappa shape index (κ3) is 1.25. The number of carbonyl (C=O) groups excluding carboxylic acids is 1. The zero-order valence-electron chi connectivity index (χ0n) is 13.4. The van der Waals surface area contributed by atoms with E-state index < -0.39 is 17.1 Å². The number of hydrogen-bond acceptors (Lipinski definition) is 5. The van der Waals surface area contributed by atoms with E-state index in [-0.39, 0.29) is 23.5 Å². The largest absolute Gasteiger partial charge is 0.504 e. The van der Waals surface area contributed by atoms with Crippen molar-refractivity contribution < 1.29 is 19.7 Å². The molecule has 1 aromatic carbocycles. The van der Waals surface area contributed by atoms with Crippen LogP contribution in [0.15, 0.2) is 12.1 Å². The molecule has 2 N–H and O–H groups in total. The highest BCUT2D eigenvalue weighted by atomic mass is 16.5. The van der Waals surface area contributed by atoms with Crippen LogP contribution in [-0.4, -0.2) is 52.2 Å². The van der Waals surface area contributed by atoms with E-state index in [2.05, 4.69) is 11.9 Å². The van der Waals surface area contributed by atoms with Gasteiger partial charge < -0.3 is 19.8 Å². The fourth-order valence-electron chi connectivity index (χ4n) is 5.94. The summed E-state index contributed by atoms with van der Waals surface area (Å²) in [5, 5.41) is 22.2. The summed E-state index contributed by atoms with van der Waals surface area (Å²) in [6.07, 6.45) is 1.08. The summed E-state index contributed by atoms with van der Waals surface area (Å²) >= 11 is 0. The highest BCUT2D eigenvalue weighted by Gasteiger charge is 2.74. The number of nitrogens with zero attached hydrogens (tertiary/aromatic N) is 1. The molecule has 5 nitrogen and oxygen atoms in total. The van der Waals surface area contributed by atoms with Gasteiger partial charge >= 0.3 is 0 Å². The van der Waals surface area contributed by atoms with E-state index in [9.17, 15) is 15.0 Å². The number of likely N-dealkylation sites (tertiary alicyclic amines) is 1. The number of rotatable bonds is 0. The van der Waals surface area contributed by atoms with Crippen molar-refractivity contribution in [1.29, 1.82) is 0 Å². The number of carbonyl (C=O) groups is 1. The van der Waals surface area contributed by atoms with Crippen LogP contribution in [0.2, 0.25) is 0 Å². The van der Waals surface area contributed by atoms with Crippen LogP contribution in [0.4, 0.5) is 0 Å². The van der Waals surface area contributed by atoms with Gasteiger partial charge in [0.05, 0.1) is 11.0 Å². The summed E-state index contributed by atoms with van der Waals surface area (Å²) in [4.78, 5) is 15.0. The summed E-state index contributed by atoms with van der Waals surface area (Å²) in [6.45, 7) is 2.80. The van der Waals surface area contributed by atoms with Crippen molar-refractivity contribution in [3.05, 3.63) is 23.3 Å². The second-order valence-electron chi connectivity index (χ2n) is 7.76. The number of ketones is 1. The number of phenolic OH excluding ortho intramolecular Hbond substituents is 1. The zero-order chi connectivity index (χ0) is 16.1. The molecule has 1 aromatic rings. The average Bonchev–Trinajstić information content (AvgIpc) is 2.86. The maximum Gasteiger partial charge on any atom is 0.174 e. The third-order valence-corrected chi connectivity index (χ3v) is 6.93. The third-order valence-electron chi connectivity index (χ3n) is 6.93. The standard InChI is InChI=1S/C18H21NO4/c1-9-7-12(21)16-17-5-6-19(2)13(18(9,17)22)8-10-3-4-11(20)15(23-16)14(10)17/h3-4,9,13,16,20,22H,5-8H2,1-2H3/t9?,13-,16+,17+,18-/m1/s1. The number of piperidine rings is 1. The van der Waals surface area contributed by atoms with E-state index in [0.29, 0.717) is 18.6 Å². The van der Waals surface area contributed by atoms with E-state index in [0.717, 1.165) is 24.1 Å². The molecule has 5 heteroatoms. The minimum absolute atomic E-state index is 0.0200. The van der Waals surface area contributed by atoms with Gasteiger partial charge in [-0.3, -0.25) is 4.79 Å². The minimum atomic E-state index is -0.995. The SMILES string of the molecule is CC1CC(=O)[C@@H]2Oc3c(O)ccc4c3[C@@]23CCN(C)[C@H](C4)[C@]13O. The number of aliphatic hydroxyl groups is 1. The lowest BCUT2D eigenvalue weighted by molar-refractivity contribution is -0.205. The molecule has 5 atom stereocenters. The van der Waals surface area contributed by atoms with Gasteiger partial charge in [0.2, 0.25) is 0 Å². The van der Waals surface area contributed by atoms with Crippen LogP contribution in [0.1, 0.15) is 30.9 Å². The van der Waals surface area contributed by atoms with Crippen molar-refractivity contribution in [2.24, 2.45) is 5.92 Å². The Balaban J connectivity index is 1.89. The first-order valence-electron chi connectivity index (χ1n) is 8.38. The second kappa shape index (κ2) is 3.90. The topological polar surface area (TPSA) is 70.0 Å². The van der Waals surface area contributed by atoms with E-state index >= 15 is 0 Å². The van der Waals surface area contributed by atoms with E-state index in [1.807, 2.05) is 13.0 Å². The van der Waals surface area contributed by atoms with Gasteiger partial charge in [0.25, 0.3) is 0 Å². The summed E-state index contributed by atoms with van der Waals surface area (Å²) in [5.74, 6) is 0.432. The number of hydrogen-bond donors (Lipinski definition) is 2. The average molecular weight is 315 g/mol. The molecule has 2 heterocycles. The van der Waals surface area contributed by atoms with Crippen LogP contribution in [0.25, 0.3) is 0 Å². The van der Waals surface area contributed by atoms with Crippen molar-refractivity contribution in [3.8, 4) is 11.5 Å². The molecule has 1 spiro atoms. The number of benzene rings is 1. The Labute approximate surface area is 134 Å². The first kappa shape index (κ1) is 13.8. The van der Waals surface area contributed by atoms with Crippen LogP contribution < -0.4 is 4.74 Å². The van der Waals surface area contributed by atoms with Crippen molar-refractivity contribution in [2.45, 2.75) is 49.3 Å². The van der Waals surface area contributed by atoms with Gasteiger partial charge in [-0.2, -0.15) is 0 Å². The smallest absolute Gasteiger partial charge is 0.174 e. The molecule has 23 heavy (non-hydrogen) atoms. The molecule has 2 fully saturated rings. The highest BCUT2D eigenvalue weighted by Crippen LogP contribution is 2.65. The Hall–Kier alpha value is -1.59. The molecule has 2 bridgehead atoms. The molecule has 1 unspecified atom stereocenters. The van der Waals surface area contributed by atoms with Crippen molar-refractivity contribution in [1.82, 2.24) is 4.90 Å². The maximum atomic E-state index is 12.7. The molecule has 4 aliphatic rings. The van der Waals surface area contributed by atoms with Gasteiger partial charge in [0.15, 0.2) is 23.4 Å². The van der Waals surface area contributed by atoms with Crippen LogP contribution in [-0.2, 0) is 16.6 Å². The molecule has 5 rings (SSSR count). The second-order valence-corrected chi connectivity index (χ2v) is 7.76. The molecule has 1 saturated heterocycles. The number of ether oxygens (including phenoxy) is 1. The maximum absolute atomic E-state index is 12.7. The van der Waals surface area contributed by atoms with Crippen LogP contribution in [0, 0.1) is 5.92 Å². The van der Waals surface area contributed by atoms with Gasteiger partial charge in [-0.1, -0.05) is 13.0 Å². The molecular formula is C18H21NO4. The molecule has 0 amide bonds. The predicted octanol–water partition coefficient (Wildman–Crippen LogP) is 0.991. The number of phenols is 1. The van der Waals surface area contributed by atoms with Crippen molar-refractivity contribution in [3.63, 3.8) is 0 Å². The Morgan fingerprint density at radius 1 is 1.35 bits per heavy atom. The van der Waals surface area contributed by atoms with Crippen LogP contribution >= 0.6 is 0 Å². The highest BCUT2D eigenvalue weighted by molar-refractivity contribution is 5.90. The molecule has 2 aliphatic carbocycles.